The second-order valence-corrected chi connectivity index (χ2v) is 7.08. The number of hydrogen-bond donors (Lipinski definition) is 2. The number of benzene rings is 2. The van der Waals surface area contributed by atoms with Crippen molar-refractivity contribution in [3.8, 4) is 17.0 Å². The summed E-state index contributed by atoms with van der Waals surface area (Å²) in [5, 5.41) is 8.72. The molecule has 2 heterocycles. The van der Waals surface area contributed by atoms with Crippen LogP contribution in [0.4, 0.5) is 11.5 Å². The van der Waals surface area contributed by atoms with Crippen LogP contribution in [-0.2, 0) is 13.1 Å². The number of nitrogen functional groups attached to an aromatic ring is 1. The lowest BCUT2D eigenvalue weighted by Crippen LogP contribution is -2.06. The number of nitrogens with one attached hydrogen (secondary N) is 1. The minimum absolute atomic E-state index is 0.387. The fraction of sp³-hybridized carbons (Fsp3) is 0.217. The van der Waals surface area contributed by atoms with E-state index in [0.29, 0.717) is 47.1 Å². The highest BCUT2D eigenvalue weighted by atomic mass is 16.5. The Labute approximate surface area is 180 Å². The normalized spacial score (nSPS) is 11.0. The molecule has 8 heteroatoms. The number of ether oxygens (including phenoxy) is 1. The van der Waals surface area contributed by atoms with Crippen LogP contribution >= 0.6 is 0 Å². The molecule has 0 atom stereocenters. The third kappa shape index (κ3) is 4.10. The molecule has 2 aromatic carbocycles. The van der Waals surface area contributed by atoms with Crippen LogP contribution in [0.1, 0.15) is 18.1 Å². The first-order valence-electron chi connectivity index (χ1n) is 10.1. The van der Waals surface area contributed by atoms with Crippen LogP contribution in [-0.4, -0.2) is 40.1 Å². The molecule has 0 aliphatic rings. The summed E-state index contributed by atoms with van der Waals surface area (Å²) < 4.78 is 7.48. The van der Waals surface area contributed by atoms with E-state index in [1.165, 1.54) is 11.9 Å². The fourth-order valence-corrected chi connectivity index (χ4v) is 3.55. The molecule has 0 aliphatic carbocycles. The molecule has 0 amide bonds. The lowest BCUT2D eigenvalue weighted by Gasteiger charge is -2.08. The number of nitrogens with zero attached hydrogens (tertiary/aromatic N) is 5. The minimum Gasteiger partial charge on any atom is -0.492 e. The van der Waals surface area contributed by atoms with Gasteiger partial charge in [0.2, 0.25) is 0 Å². The van der Waals surface area contributed by atoms with Crippen molar-refractivity contribution >= 4 is 29.3 Å². The zero-order valence-corrected chi connectivity index (χ0v) is 17.7. The van der Waals surface area contributed by atoms with Crippen LogP contribution in [0.3, 0.4) is 0 Å². The zero-order valence-electron chi connectivity index (χ0n) is 17.7. The predicted molar refractivity (Wildman–Crippen MR) is 124 cm³/mol. The van der Waals surface area contributed by atoms with Gasteiger partial charge in [-0.25, -0.2) is 14.6 Å². The predicted octanol–water partition coefficient (Wildman–Crippen LogP) is 3.57. The summed E-state index contributed by atoms with van der Waals surface area (Å²) in [5.41, 5.74) is 11.5. The highest BCUT2D eigenvalue weighted by Crippen LogP contribution is 2.36. The van der Waals surface area contributed by atoms with Gasteiger partial charge >= 0.3 is 0 Å². The number of aliphatic imine (C=N–C) groups is 1. The van der Waals surface area contributed by atoms with Crippen LogP contribution < -0.4 is 15.8 Å². The van der Waals surface area contributed by atoms with Gasteiger partial charge < -0.3 is 15.8 Å². The van der Waals surface area contributed by atoms with Crippen LogP contribution in [0, 0.1) is 0 Å². The molecule has 0 unspecified atom stereocenters. The smallest absolute Gasteiger partial charge is 0.164 e. The number of aromatic nitrogens is 4. The van der Waals surface area contributed by atoms with Crippen molar-refractivity contribution in [3.63, 3.8) is 0 Å². The van der Waals surface area contributed by atoms with E-state index in [0.717, 1.165) is 17.7 Å². The molecule has 0 radical (unpaired) electrons. The van der Waals surface area contributed by atoms with Gasteiger partial charge in [-0.15, -0.1) is 0 Å². The highest BCUT2D eigenvalue weighted by Gasteiger charge is 2.18. The minimum atomic E-state index is 0.387. The molecule has 0 saturated carbocycles. The molecule has 0 aliphatic heterocycles. The fourth-order valence-electron chi connectivity index (χ4n) is 3.55. The van der Waals surface area contributed by atoms with Gasteiger partial charge in [0.15, 0.2) is 5.65 Å². The molecule has 8 nitrogen and oxygen atoms in total. The molecule has 4 rings (SSSR count). The molecule has 4 aromatic rings. The van der Waals surface area contributed by atoms with Crippen molar-refractivity contribution in [2.24, 2.45) is 4.99 Å². The van der Waals surface area contributed by atoms with Gasteiger partial charge in [0, 0.05) is 12.1 Å². The molecular weight excluding hydrogens is 390 g/mol. The van der Waals surface area contributed by atoms with Gasteiger partial charge in [0.1, 0.15) is 29.3 Å². The number of rotatable bonds is 8. The van der Waals surface area contributed by atoms with Crippen molar-refractivity contribution in [2.75, 3.05) is 19.4 Å². The van der Waals surface area contributed by atoms with Gasteiger partial charge in [0.05, 0.1) is 18.5 Å². The summed E-state index contributed by atoms with van der Waals surface area (Å²) in [6.07, 6.45) is 1.46. The van der Waals surface area contributed by atoms with E-state index < -0.39 is 0 Å². The average molecular weight is 416 g/mol. The molecule has 3 N–H and O–H groups in total. The second kappa shape index (κ2) is 8.93. The summed E-state index contributed by atoms with van der Waals surface area (Å²) in [6.45, 7) is 7.53. The molecule has 0 spiro atoms. The van der Waals surface area contributed by atoms with E-state index in [2.05, 4.69) is 51.3 Å². The second-order valence-electron chi connectivity index (χ2n) is 7.08. The van der Waals surface area contributed by atoms with E-state index in [-0.39, 0.29) is 0 Å². The maximum absolute atomic E-state index is 6.23. The molecule has 158 valence electrons. The standard InChI is InChI=1S/C23H25N7O/c1-4-31-19-10-9-17(11-18(19)26-3)21-20-22(24)27-14-28-23(20)30(29-21)13-16-7-5-15(6-8-16)12-25-2/h5-11,14,25H,3-4,12-13H2,1-2H3,(H2,24,27,28). The molecule has 31 heavy (non-hydrogen) atoms. The molecule has 2 aromatic heterocycles. The first kappa shape index (κ1) is 20.5. The van der Waals surface area contributed by atoms with Crippen LogP contribution in [0.15, 0.2) is 53.8 Å². The van der Waals surface area contributed by atoms with Gasteiger partial charge in [-0.05, 0) is 50.0 Å². The third-order valence-electron chi connectivity index (χ3n) is 5.00. The number of nitrogens with two attached hydrogens (primary N) is 1. The number of anilines is 1. The van der Waals surface area contributed by atoms with Crippen molar-refractivity contribution in [2.45, 2.75) is 20.0 Å². The van der Waals surface area contributed by atoms with Crippen LogP contribution in [0.2, 0.25) is 0 Å². The Morgan fingerprint density at radius 1 is 1.13 bits per heavy atom. The maximum Gasteiger partial charge on any atom is 0.164 e. The van der Waals surface area contributed by atoms with E-state index in [9.17, 15) is 0 Å². The molecular formula is C23H25N7O. The summed E-state index contributed by atoms with van der Waals surface area (Å²) in [5.74, 6) is 1.06. The third-order valence-corrected chi connectivity index (χ3v) is 5.00. The van der Waals surface area contributed by atoms with Crippen molar-refractivity contribution in [1.29, 1.82) is 0 Å². The Hall–Kier alpha value is -3.78. The molecule has 0 fully saturated rings. The number of fused-ring (bicyclic) bond motifs is 1. The van der Waals surface area contributed by atoms with E-state index in [4.69, 9.17) is 15.6 Å². The Bertz CT molecular complexity index is 1210. The zero-order chi connectivity index (χ0) is 21.8. The monoisotopic (exact) mass is 415 g/mol. The Morgan fingerprint density at radius 2 is 1.90 bits per heavy atom. The van der Waals surface area contributed by atoms with Crippen LogP contribution in [0.5, 0.6) is 5.75 Å². The van der Waals surface area contributed by atoms with E-state index >= 15 is 0 Å². The molecule has 0 bridgehead atoms. The Balaban J connectivity index is 1.78. The average Bonchev–Trinajstić information content (AvgIpc) is 3.15. The van der Waals surface area contributed by atoms with Gasteiger partial charge in [0.25, 0.3) is 0 Å². The Kier molecular flexibility index (Phi) is 5.90. The first-order chi connectivity index (χ1) is 15.1. The summed E-state index contributed by atoms with van der Waals surface area (Å²) in [4.78, 5) is 12.7. The van der Waals surface area contributed by atoms with Gasteiger partial charge in [-0.3, -0.25) is 4.99 Å². The highest BCUT2D eigenvalue weighted by molar-refractivity contribution is 5.98. The van der Waals surface area contributed by atoms with Crippen molar-refractivity contribution < 1.29 is 4.74 Å². The van der Waals surface area contributed by atoms with Crippen molar-refractivity contribution in [1.82, 2.24) is 25.1 Å². The van der Waals surface area contributed by atoms with Crippen molar-refractivity contribution in [3.05, 3.63) is 59.9 Å². The van der Waals surface area contributed by atoms with Gasteiger partial charge in [-0.2, -0.15) is 5.10 Å². The van der Waals surface area contributed by atoms with Crippen LogP contribution in [0.25, 0.3) is 22.3 Å². The summed E-state index contributed by atoms with van der Waals surface area (Å²) in [6, 6.07) is 14.1. The quantitative estimate of drug-likeness (QED) is 0.427. The topological polar surface area (TPSA) is 103 Å². The largest absolute Gasteiger partial charge is 0.492 e. The lowest BCUT2D eigenvalue weighted by atomic mass is 10.1. The van der Waals surface area contributed by atoms with E-state index in [1.54, 1.807) is 0 Å². The summed E-state index contributed by atoms with van der Waals surface area (Å²) >= 11 is 0. The SMILES string of the molecule is C=Nc1cc(-c2nn(Cc3ccc(CNC)cc3)c3ncnc(N)c23)ccc1OCC. The maximum atomic E-state index is 6.23. The lowest BCUT2D eigenvalue weighted by molar-refractivity contribution is 0.341. The first-order valence-corrected chi connectivity index (χ1v) is 10.1. The van der Waals surface area contributed by atoms with Gasteiger partial charge in [-0.1, -0.05) is 24.3 Å². The number of hydrogen-bond acceptors (Lipinski definition) is 7. The van der Waals surface area contributed by atoms with E-state index in [1.807, 2.05) is 36.9 Å². The molecule has 0 saturated heterocycles. The Morgan fingerprint density at radius 3 is 2.61 bits per heavy atom. The summed E-state index contributed by atoms with van der Waals surface area (Å²) in [7, 11) is 1.93.